The number of phenols is 1. The molecule has 2 rings (SSSR count). The lowest BCUT2D eigenvalue weighted by Gasteiger charge is -2.09. The molecule has 1 aromatic carbocycles. The van der Waals surface area contributed by atoms with Crippen LogP contribution in [0, 0.1) is 6.92 Å². The Labute approximate surface area is 110 Å². The molecule has 2 N–H and O–H groups in total. The average molecular weight is 261 g/mol. The molecule has 0 aliphatic heterocycles. The Kier molecular flexibility index (Phi) is 3.67. The fraction of sp³-hybridized carbons (Fsp3) is 0.214. The van der Waals surface area contributed by atoms with Gasteiger partial charge in [-0.25, -0.2) is 0 Å². The Balaban J connectivity index is 2.24. The summed E-state index contributed by atoms with van der Waals surface area (Å²) < 4.78 is 0. The van der Waals surface area contributed by atoms with Gasteiger partial charge in [0.15, 0.2) is 0 Å². The van der Waals surface area contributed by atoms with Crippen molar-refractivity contribution in [2.75, 3.05) is 5.32 Å². The van der Waals surface area contributed by atoms with Crippen LogP contribution in [0.4, 0.5) is 5.69 Å². The Hall–Kier alpha value is -1.81. The minimum Gasteiger partial charge on any atom is -0.508 e. The summed E-state index contributed by atoms with van der Waals surface area (Å²) in [5, 5.41) is 14.4. The fourth-order valence-corrected chi connectivity index (χ4v) is 2.64. The summed E-state index contributed by atoms with van der Waals surface area (Å²) in [6.45, 7) is 3.80. The van der Waals surface area contributed by atoms with Crippen molar-refractivity contribution < 1.29 is 9.90 Å². The number of phenolic OH excluding ortho intramolecular Hbond substituents is 1. The van der Waals surface area contributed by atoms with Crippen molar-refractivity contribution in [3.05, 3.63) is 45.6 Å². The predicted octanol–water partition coefficient (Wildman–Crippen LogP) is 3.58. The van der Waals surface area contributed by atoms with E-state index in [0.29, 0.717) is 11.3 Å². The number of nitrogens with one attached hydrogen (secondary N) is 1. The molecule has 0 atom stereocenters. The molecule has 0 aliphatic rings. The van der Waals surface area contributed by atoms with E-state index in [2.05, 4.69) is 5.32 Å². The highest BCUT2D eigenvalue weighted by Crippen LogP contribution is 2.25. The number of thiophene rings is 1. The summed E-state index contributed by atoms with van der Waals surface area (Å²) in [5.74, 6) is 0.0743. The van der Waals surface area contributed by atoms with Gasteiger partial charge in [0, 0.05) is 11.3 Å². The Bertz CT molecular complexity index is 575. The molecule has 1 aromatic heterocycles. The molecule has 0 unspecified atom stereocenters. The number of hydrogen-bond donors (Lipinski definition) is 2. The van der Waals surface area contributed by atoms with Crippen molar-refractivity contribution in [3.8, 4) is 5.75 Å². The SMILES string of the molecule is CCc1ccsc1C(=O)Nc1cccc(O)c1C. The minimum absolute atomic E-state index is 0.115. The van der Waals surface area contributed by atoms with Crippen LogP contribution in [-0.4, -0.2) is 11.0 Å². The van der Waals surface area contributed by atoms with Crippen LogP contribution in [0.15, 0.2) is 29.6 Å². The second-order valence-corrected chi connectivity index (χ2v) is 4.95. The first-order valence-electron chi connectivity index (χ1n) is 5.79. The van der Waals surface area contributed by atoms with Crippen LogP contribution < -0.4 is 5.32 Å². The molecule has 18 heavy (non-hydrogen) atoms. The summed E-state index contributed by atoms with van der Waals surface area (Å²) in [5.41, 5.74) is 2.38. The van der Waals surface area contributed by atoms with Gasteiger partial charge in [-0.3, -0.25) is 4.79 Å². The third kappa shape index (κ3) is 2.38. The van der Waals surface area contributed by atoms with Gasteiger partial charge in [-0.05, 0) is 42.5 Å². The summed E-state index contributed by atoms with van der Waals surface area (Å²) in [6, 6.07) is 7.07. The molecule has 0 fully saturated rings. The molecule has 0 saturated heterocycles. The molecule has 0 spiro atoms. The molecule has 1 heterocycles. The topological polar surface area (TPSA) is 49.3 Å². The predicted molar refractivity (Wildman–Crippen MR) is 74.5 cm³/mol. The summed E-state index contributed by atoms with van der Waals surface area (Å²) in [6.07, 6.45) is 0.839. The molecular weight excluding hydrogens is 246 g/mol. The minimum atomic E-state index is -0.115. The molecule has 94 valence electrons. The van der Waals surface area contributed by atoms with Crippen molar-refractivity contribution in [1.82, 2.24) is 0 Å². The summed E-state index contributed by atoms with van der Waals surface area (Å²) >= 11 is 1.44. The monoisotopic (exact) mass is 261 g/mol. The molecule has 4 heteroatoms. The molecule has 1 amide bonds. The van der Waals surface area contributed by atoms with E-state index in [1.54, 1.807) is 25.1 Å². The lowest BCUT2D eigenvalue weighted by molar-refractivity contribution is 0.102. The average Bonchev–Trinajstić information content (AvgIpc) is 2.83. The van der Waals surface area contributed by atoms with Gasteiger partial charge in [0.25, 0.3) is 5.91 Å². The van der Waals surface area contributed by atoms with Crippen LogP contribution in [0.25, 0.3) is 0 Å². The summed E-state index contributed by atoms with van der Waals surface area (Å²) in [7, 11) is 0. The third-order valence-corrected chi connectivity index (χ3v) is 3.84. The first-order chi connectivity index (χ1) is 8.63. The van der Waals surface area contributed by atoms with Crippen LogP contribution in [0.3, 0.4) is 0 Å². The van der Waals surface area contributed by atoms with Gasteiger partial charge in [-0.2, -0.15) is 0 Å². The van der Waals surface area contributed by atoms with Gasteiger partial charge in [0.2, 0.25) is 0 Å². The number of carbonyl (C=O) groups is 1. The van der Waals surface area contributed by atoms with E-state index < -0.39 is 0 Å². The summed E-state index contributed by atoms with van der Waals surface area (Å²) in [4.78, 5) is 12.9. The highest BCUT2D eigenvalue weighted by molar-refractivity contribution is 7.12. The Morgan fingerprint density at radius 3 is 2.89 bits per heavy atom. The Morgan fingerprint density at radius 1 is 1.39 bits per heavy atom. The first-order valence-corrected chi connectivity index (χ1v) is 6.67. The number of anilines is 1. The van der Waals surface area contributed by atoms with Crippen LogP contribution in [-0.2, 0) is 6.42 Å². The van der Waals surface area contributed by atoms with E-state index in [-0.39, 0.29) is 11.7 Å². The molecule has 3 nitrogen and oxygen atoms in total. The van der Waals surface area contributed by atoms with E-state index in [1.807, 2.05) is 18.4 Å². The van der Waals surface area contributed by atoms with Crippen molar-refractivity contribution in [2.24, 2.45) is 0 Å². The maximum Gasteiger partial charge on any atom is 0.266 e. The third-order valence-electron chi connectivity index (χ3n) is 2.89. The number of carbonyl (C=O) groups excluding carboxylic acids is 1. The van der Waals surface area contributed by atoms with Gasteiger partial charge in [0.1, 0.15) is 5.75 Å². The zero-order chi connectivity index (χ0) is 13.1. The van der Waals surface area contributed by atoms with E-state index in [1.165, 1.54) is 11.3 Å². The number of benzene rings is 1. The highest BCUT2D eigenvalue weighted by Gasteiger charge is 2.13. The smallest absolute Gasteiger partial charge is 0.266 e. The fourth-order valence-electron chi connectivity index (χ4n) is 1.75. The molecule has 2 aromatic rings. The van der Waals surface area contributed by atoms with Gasteiger partial charge >= 0.3 is 0 Å². The van der Waals surface area contributed by atoms with Crippen molar-refractivity contribution in [2.45, 2.75) is 20.3 Å². The van der Waals surface area contributed by atoms with Gasteiger partial charge in [0.05, 0.1) is 4.88 Å². The van der Waals surface area contributed by atoms with Crippen molar-refractivity contribution >= 4 is 22.9 Å². The van der Waals surface area contributed by atoms with E-state index in [9.17, 15) is 9.90 Å². The molecule has 0 saturated carbocycles. The van der Waals surface area contributed by atoms with Crippen LogP contribution >= 0.6 is 11.3 Å². The van der Waals surface area contributed by atoms with Crippen LogP contribution in [0.1, 0.15) is 27.7 Å². The molecule has 0 aliphatic carbocycles. The second-order valence-electron chi connectivity index (χ2n) is 4.03. The van der Waals surface area contributed by atoms with Crippen LogP contribution in [0.5, 0.6) is 5.75 Å². The van der Waals surface area contributed by atoms with Crippen molar-refractivity contribution in [1.29, 1.82) is 0 Å². The van der Waals surface area contributed by atoms with E-state index >= 15 is 0 Å². The largest absolute Gasteiger partial charge is 0.508 e. The number of amides is 1. The maximum atomic E-state index is 12.1. The normalized spacial score (nSPS) is 10.3. The first kappa shape index (κ1) is 12.6. The van der Waals surface area contributed by atoms with Gasteiger partial charge in [-0.15, -0.1) is 11.3 Å². The maximum absolute atomic E-state index is 12.1. The van der Waals surface area contributed by atoms with Gasteiger partial charge in [-0.1, -0.05) is 13.0 Å². The number of aromatic hydroxyl groups is 1. The standard InChI is InChI=1S/C14H15NO2S/c1-3-10-7-8-18-13(10)14(17)15-11-5-4-6-12(16)9(11)2/h4-8,16H,3H2,1-2H3,(H,15,17). The zero-order valence-electron chi connectivity index (χ0n) is 10.4. The quantitative estimate of drug-likeness (QED) is 0.887. The van der Waals surface area contributed by atoms with E-state index in [0.717, 1.165) is 16.9 Å². The highest BCUT2D eigenvalue weighted by atomic mass is 32.1. The molecule has 0 bridgehead atoms. The zero-order valence-corrected chi connectivity index (χ0v) is 11.2. The van der Waals surface area contributed by atoms with Crippen molar-refractivity contribution in [3.63, 3.8) is 0 Å². The Morgan fingerprint density at radius 2 is 2.17 bits per heavy atom. The number of rotatable bonds is 3. The number of aryl methyl sites for hydroxylation is 1. The molecule has 0 radical (unpaired) electrons. The second kappa shape index (κ2) is 5.23. The van der Waals surface area contributed by atoms with Crippen LogP contribution in [0.2, 0.25) is 0 Å². The number of hydrogen-bond acceptors (Lipinski definition) is 3. The molecular formula is C14H15NO2S. The van der Waals surface area contributed by atoms with E-state index in [4.69, 9.17) is 0 Å². The lowest BCUT2D eigenvalue weighted by Crippen LogP contribution is -2.12. The van der Waals surface area contributed by atoms with Gasteiger partial charge < -0.3 is 10.4 Å². The lowest BCUT2D eigenvalue weighted by atomic mass is 10.1.